The zero-order valence-electron chi connectivity index (χ0n) is 40.3. The number of nitrogens with zero attached hydrogens (tertiary/aromatic N) is 2. The molecule has 0 saturated heterocycles. The summed E-state index contributed by atoms with van der Waals surface area (Å²) in [5, 5.41) is 2.45. The summed E-state index contributed by atoms with van der Waals surface area (Å²) in [6.07, 6.45) is 0. The molecule has 0 N–H and O–H groups in total. The number of anilines is 3. The number of fused-ring (bicyclic) bond motifs is 9. The number of hydrogen-bond donors (Lipinski definition) is 0. The van der Waals surface area contributed by atoms with E-state index in [0.717, 1.165) is 17.1 Å². The molecule has 2 heteroatoms. The second kappa shape index (κ2) is 16.3. The molecule has 0 atom stereocenters. The minimum Gasteiger partial charge on any atom is -0.310 e. The van der Waals surface area contributed by atoms with Gasteiger partial charge in [0.05, 0.1) is 22.1 Å². The Kier molecular flexibility index (Phi) is 9.50. The molecule has 12 aromatic rings. The molecule has 1 aromatic heterocycles. The quantitative estimate of drug-likeness (QED) is 0.147. The van der Waals surface area contributed by atoms with Crippen LogP contribution in [0.5, 0.6) is 0 Å². The van der Waals surface area contributed by atoms with Crippen molar-refractivity contribution in [3.05, 3.63) is 300 Å². The Morgan fingerprint density at radius 1 is 0.333 bits per heavy atom. The van der Waals surface area contributed by atoms with Gasteiger partial charge in [0, 0.05) is 33.2 Å². The van der Waals surface area contributed by atoms with Crippen molar-refractivity contribution in [3.8, 4) is 50.2 Å². The Balaban J connectivity index is 0.933. The topological polar surface area (TPSA) is 8.17 Å². The predicted octanol–water partition coefficient (Wildman–Crippen LogP) is 18.3. The van der Waals surface area contributed by atoms with Crippen LogP contribution in [0.4, 0.5) is 17.1 Å². The summed E-state index contributed by atoms with van der Waals surface area (Å²) < 4.78 is 2.44. The maximum Gasteiger partial charge on any atom is 0.0713 e. The maximum absolute atomic E-state index is 2.49. The highest BCUT2D eigenvalue weighted by Gasteiger charge is 2.46. The van der Waals surface area contributed by atoms with Crippen molar-refractivity contribution in [2.24, 2.45) is 0 Å². The highest BCUT2D eigenvalue weighted by Crippen LogP contribution is 2.57. The molecule has 11 aromatic carbocycles. The SMILES string of the molecule is CC1(C)c2ccccc2-c2cccc(N(c3ccc(-c4ccccc4)cc3)c3ccc(-c4ccc5c(c4)c4cc(C6(c7ccccc7)c7ccccc7-c7ccccc76)ccc4n5-c4ccccc4)cc3)c21. The molecule has 14 rings (SSSR count). The summed E-state index contributed by atoms with van der Waals surface area (Å²) in [5.74, 6) is 0. The van der Waals surface area contributed by atoms with Gasteiger partial charge < -0.3 is 9.47 Å². The van der Waals surface area contributed by atoms with Crippen LogP contribution in [0.25, 0.3) is 72.0 Å². The van der Waals surface area contributed by atoms with E-state index >= 15 is 0 Å². The van der Waals surface area contributed by atoms with Crippen LogP contribution < -0.4 is 4.90 Å². The minimum atomic E-state index is -0.498. The lowest BCUT2D eigenvalue weighted by Gasteiger charge is -2.34. The van der Waals surface area contributed by atoms with Crippen molar-refractivity contribution in [3.63, 3.8) is 0 Å². The Morgan fingerprint density at radius 3 is 1.42 bits per heavy atom. The van der Waals surface area contributed by atoms with Gasteiger partial charge in [0.15, 0.2) is 0 Å². The molecule has 340 valence electrons. The van der Waals surface area contributed by atoms with Crippen molar-refractivity contribution in [1.29, 1.82) is 0 Å². The molecule has 0 radical (unpaired) electrons. The molecule has 2 nitrogen and oxygen atoms in total. The van der Waals surface area contributed by atoms with E-state index in [-0.39, 0.29) is 5.41 Å². The van der Waals surface area contributed by atoms with E-state index in [1.54, 1.807) is 0 Å². The molecule has 0 unspecified atom stereocenters. The summed E-state index contributed by atoms with van der Waals surface area (Å²) >= 11 is 0. The molecule has 1 heterocycles. The highest BCUT2D eigenvalue weighted by molar-refractivity contribution is 6.11. The average Bonchev–Trinajstić information content (AvgIpc) is 4.03. The van der Waals surface area contributed by atoms with E-state index in [9.17, 15) is 0 Å². The predicted molar refractivity (Wildman–Crippen MR) is 301 cm³/mol. The van der Waals surface area contributed by atoms with Gasteiger partial charge in [0.25, 0.3) is 0 Å². The van der Waals surface area contributed by atoms with E-state index in [1.165, 1.54) is 105 Å². The zero-order valence-corrected chi connectivity index (χ0v) is 40.3. The van der Waals surface area contributed by atoms with Crippen molar-refractivity contribution in [2.75, 3.05) is 4.90 Å². The maximum atomic E-state index is 2.49. The minimum absolute atomic E-state index is 0.190. The monoisotopic (exact) mass is 918 g/mol. The summed E-state index contributed by atoms with van der Waals surface area (Å²) in [4.78, 5) is 2.46. The summed E-state index contributed by atoms with van der Waals surface area (Å²) in [5.41, 5.74) is 24.1. The summed E-state index contributed by atoms with van der Waals surface area (Å²) in [6.45, 7) is 4.75. The summed E-state index contributed by atoms with van der Waals surface area (Å²) in [6, 6.07) is 99.0. The normalized spacial score (nSPS) is 13.6. The molecular formula is C70H50N2. The van der Waals surface area contributed by atoms with Crippen molar-refractivity contribution >= 4 is 38.9 Å². The third-order valence-electron chi connectivity index (χ3n) is 15.9. The van der Waals surface area contributed by atoms with E-state index in [4.69, 9.17) is 0 Å². The van der Waals surface area contributed by atoms with Gasteiger partial charge in [-0.2, -0.15) is 0 Å². The first-order valence-corrected chi connectivity index (χ1v) is 25.2. The lowest BCUT2D eigenvalue weighted by molar-refractivity contribution is 0.661. The Hall–Kier alpha value is -8.98. The van der Waals surface area contributed by atoms with Crippen LogP contribution in [-0.4, -0.2) is 4.57 Å². The molecule has 2 aliphatic carbocycles. The first-order valence-electron chi connectivity index (χ1n) is 25.2. The third kappa shape index (κ3) is 6.22. The molecule has 0 aliphatic heterocycles. The molecule has 2 aliphatic rings. The van der Waals surface area contributed by atoms with Crippen molar-refractivity contribution < 1.29 is 0 Å². The Labute approximate surface area is 421 Å². The second-order valence-electron chi connectivity index (χ2n) is 20.0. The summed E-state index contributed by atoms with van der Waals surface area (Å²) in [7, 11) is 0. The van der Waals surface area contributed by atoms with Gasteiger partial charge in [-0.1, -0.05) is 214 Å². The van der Waals surface area contributed by atoms with Gasteiger partial charge in [-0.15, -0.1) is 0 Å². The molecule has 0 spiro atoms. The molecule has 0 fully saturated rings. The zero-order chi connectivity index (χ0) is 48.0. The first-order chi connectivity index (χ1) is 35.5. The van der Waals surface area contributed by atoms with Gasteiger partial charge >= 0.3 is 0 Å². The fourth-order valence-corrected chi connectivity index (χ4v) is 12.7. The van der Waals surface area contributed by atoms with Gasteiger partial charge in [0.1, 0.15) is 0 Å². The molecule has 0 bridgehead atoms. The van der Waals surface area contributed by atoms with Crippen LogP contribution in [0.3, 0.4) is 0 Å². The van der Waals surface area contributed by atoms with E-state index in [2.05, 4.69) is 290 Å². The number of rotatable bonds is 8. The lowest BCUT2D eigenvalue weighted by atomic mass is 9.67. The fraction of sp³-hybridized carbons (Fsp3) is 0.0571. The fourth-order valence-electron chi connectivity index (χ4n) is 12.7. The molecule has 0 amide bonds. The standard InChI is InChI=1S/C70H50N2/c1-69(2)62-29-15-12-27-58(62)59-28-18-32-67(68(59)69)71(54-39-33-48(34-40-54)47-19-6-3-7-20-47)55-41-35-49(36-42-55)50-37-43-65-60(45-50)61-46-52(38-44-66(61)72(65)53-23-10-5-11-24-53)70(51-21-8-4-9-22-51)63-30-16-13-25-56(63)57-26-14-17-31-64(57)70/h3-46H,1-2H3. The van der Waals surface area contributed by atoms with E-state index in [1.807, 2.05) is 0 Å². The number of aromatic nitrogens is 1. The Morgan fingerprint density at radius 2 is 0.792 bits per heavy atom. The van der Waals surface area contributed by atoms with E-state index in [0.29, 0.717) is 0 Å². The van der Waals surface area contributed by atoms with Crippen LogP contribution in [0.1, 0.15) is 47.2 Å². The smallest absolute Gasteiger partial charge is 0.0713 e. The van der Waals surface area contributed by atoms with Crippen LogP contribution in [0.2, 0.25) is 0 Å². The van der Waals surface area contributed by atoms with Gasteiger partial charge in [-0.05, 0) is 145 Å². The van der Waals surface area contributed by atoms with E-state index < -0.39 is 5.41 Å². The molecular weight excluding hydrogens is 869 g/mol. The Bertz CT molecular complexity index is 3990. The highest BCUT2D eigenvalue weighted by atomic mass is 15.1. The number of hydrogen-bond acceptors (Lipinski definition) is 1. The largest absolute Gasteiger partial charge is 0.310 e. The van der Waals surface area contributed by atoms with Crippen LogP contribution >= 0.6 is 0 Å². The molecule has 72 heavy (non-hydrogen) atoms. The van der Waals surface area contributed by atoms with Gasteiger partial charge in [-0.25, -0.2) is 0 Å². The number of benzene rings is 11. The van der Waals surface area contributed by atoms with Crippen LogP contribution in [-0.2, 0) is 10.8 Å². The van der Waals surface area contributed by atoms with Gasteiger partial charge in [0.2, 0.25) is 0 Å². The second-order valence-corrected chi connectivity index (χ2v) is 20.0. The van der Waals surface area contributed by atoms with Crippen molar-refractivity contribution in [2.45, 2.75) is 24.7 Å². The van der Waals surface area contributed by atoms with Crippen molar-refractivity contribution in [1.82, 2.24) is 4.57 Å². The first kappa shape index (κ1) is 41.9. The lowest BCUT2D eigenvalue weighted by Crippen LogP contribution is -2.28. The average molecular weight is 919 g/mol. The number of para-hydroxylation sites is 1. The molecule has 0 saturated carbocycles. The van der Waals surface area contributed by atoms with Crippen LogP contribution in [0, 0.1) is 0 Å². The van der Waals surface area contributed by atoms with Crippen LogP contribution in [0.15, 0.2) is 267 Å². The van der Waals surface area contributed by atoms with Gasteiger partial charge in [-0.3, -0.25) is 0 Å². The third-order valence-corrected chi connectivity index (χ3v) is 15.9.